The molecule has 0 aliphatic heterocycles. The zero-order valence-electron chi connectivity index (χ0n) is 10.9. The Hall–Kier alpha value is -1.33. The lowest BCUT2D eigenvalue weighted by Crippen LogP contribution is -2.28. The van der Waals surface area contributed by atoms with Crippen molar-refractivity contribution in [3.8, 4) is 0 Å². The number of nitrogens with one attached hydrogen (secondary N) is 1. The van der Waals surface area contributed by atoms with Crippen molar-refractivity contribution in [3.63, 3.8) is 0 Å². The summed E-state index contributed by atoms with van der Waals surface area (Å²) < 4.78 is 1.18. The van der Waals surface area contributed by atoms with E-state index < -0.39 is 0 Å². The van der Waals surface area contributed by atoms with E-state index in [0.717, 1.165) is 42.5 Å². The lowest BCUT2D eigenvalue weighted by Gasteiger charge is -2.17. The molecule has 2 rings (SSSR count). The first-order valence-electron chi connectivity index (χ1n) is 6.35. The predicted molar refractivity (Wildman–Crippen MR) is 80.3 cm³/mol. The predicted octanol–water partition coefficient (Wildman–Crippen LogP) is 2.63. The molecule has 0 radical (unpaired) electrons. The van der Waals surface area contributed by atoms with Crippen LogP contribution < -0.4 is 11.1 Å². The minimum atomic E-state index is 0.766. The molecule has 3 N–H and O–H groups in total. The van der Waals surface area contributed by atoms with Crippen LogP contribution in [0.4, 0.5) is 10.8 Å². The number of likely N-dealkylation sites (N-methyl/N-ethyl adjacent to an activating group) is 1. The molecule has 0 saturated carbocycles. The van der Waals surface area contributed by atoms with Crippen molar-refractivity contribution in [1.82, 2.24) is 9.88 Å². The number of hydrogen-bond donors (Lipinski definition) is 2. The van der Waals surface area contributed by atoms with E-state index in [1.165, 1.54) is 4.70 Å². The van der Waals surface area contributed by atoms with Crippen molar-refractivity contribution in [3.05, 3.63) is 18.2 Å². The van der Waals surface area contributed by atoms with Crippen LogP contribution >= 0.6 is 11.3 Å². The molecule has 5 heteroatoms. The van der Waals surface area contributed by atoms with Gasteiger partial charge in [-0.05, 0) is 31.3 Å². The van der Waals surface area contributed by atoms with E-state index in [0.29, 0.717) is 0 Å². The number of benzene rings is 1. The molecule has 1 heterocycles. The van der Waals surface area contributed by atoms with Gasteiger partial charge in [0.25, 0.3) is 0 Å². The minimum Gasteiger partial charge on any atom is -0.399 e. The summed E-state index contributed by atoms with van der Waals surface area (Å²) in [4.78, 5) is 6.92. The molecule has 0 saturated heterocycles. The summed E-state index contributed by atoms with van der Waals surface area (Å²) in [6.45, 7) is 8.53. The fraction of sp³-hybridized carbons (Fsp3) is 0.462. The van der Waals surface area contributed by atoms with Crippen LogP contribution in [0, 0.1) is 0 Å². The SMILES string of the molecule is CCN(CC)CCNc1nc2cc(N)ccc2s1. The van der Waals surface area contributed by atoms with Crippen LogP contribution in [-0.4, -0.2) is 36.1 Å². The van der Waals surface area contributed by atoms with Gasteiger partial charge in [-0.15, -0.1) is 0 Å². The molecule has 0 atom stereocenters. The summed E-state index contributed by atoms with van der Waals surface area (Å²) in [7, 11) is 0. The number of aromatic nitrogens is 1. The van der Waals surface area contributed by atoms with Gasteiger partial charge in [0.05, 0.1) is 10.2 Å². The van der Waals surface area contributed by atoms with Crippen LogP contribution in [0.5, 0.6) is 0 Å². The number of nitrogens with zero attached hydrogens (tertiary/aromatic N) is 2. The van der Waals surface area contributed by atoms with E-state index >= 15 is 0 Å². The Morgan fingerprint density at radius 2 is 2.11 bits per heavy atom. The monoisotopic (exact) mass is 264 g/mol. The fourth-order valence-corrected chi connectivity index (χ4v) is 2.75. The van der Waals surface area contributed by atoms with Crippen LogP contribution in [-0.2, 0) is 0 Å². The maximum absolute atomic E-state index is 5.75. The molecular weight excluding hydrogens is 244 g/mol. The Bertz CT molecular complexity index is 505. The highest BCUT2D eigenvalue weighted by atomic mass is 32.1. The maximum atomic E-state index is 5.75. The van der Waals surface area contributed by atoms with Gasteiger partial charge in [0, 0.05) is 18.8 Å². The zero-order valence-corrected chi connectivity index (χ0v) is 11.8. The molecule has 0 aliphatic carbocycles. The Morgan fingerprint density at radius 1 is 1.33 bits per heavy atom. The number of nitrogen functional groups attached to an aromatic ring is 1. The summed E-state index contributed by atoms with van der Waals surface area (Å²) in [5.41, 5.74) is 7.49. The number of fused-ring (bicyclic) bond motifs is 1. The first-order chi connectivity index (χ1) is 8.72. The van der Waals surface area contributed by atoms with E-state index in [1.54, 1.807) is 11.3 Å². The summed E-state index contributed by atoms with van der Waals surface area (Å²) in [6, 6.07) is 5.86. The van der Waals surface area contributed by atoms with Crippen molar-refractivity contribution in [2.45, 2.75) is 13.8 Å². The Labute approximate surface area is 112 Å². The molecule has 0 spiro atoms. The molecule has 18 heavy (non-hydrogen) atoms. The standard InChI is InChI=1S/C13H20N4S/c1-3-17(4-2)8-7-15-13-16-11-9-10(14)5-6-12(11)18-13/h5-6,9H,3-4,7-8,14H2,1-2H3,(H,15,16). The zero-order chi connectivity index (χ0) is 13.0. The second-order valence-electron chi connectivity index (χ2n) is 4.20. The quantitative estimate of drug-likeness (QED) is 0.788. The van der Waals surface area contributed by atoms with E-state index in [1.807, 2.05) is 18.2 Å². The van der Waals surface area contributed by atoms with Gasteiger partial charge >= 0.3 is 0 Å². The number of thiazole rings is 1. The Kier molecular flexibility index (Phi) is 4.38. The first kappa shape index (κ1) is 13.1. The highest BCUT2D eigenvalue weighted by Crippen LogP contribution is 2.26. The Morgan fingerprint density at radius 3 is 2.83 bits per heavy atom. The van der Waals surface area contributed by atoms with Crippen LogP contribution in [0.15, 0.2) is 18.2 Å². The average molecular weight is 264 g/mol. The van der Waals surface area contributed by atoms with Gasteiger partial charge in [-0.1, -0.05) is 25.2 Å². The highest BCUT2D eigenvalue weighted by molar-refractivity contribution is 7.22. The third kappa shape index (κ3) is 3.11. The van der Waals surface area contributed by atoms with Gasteiger partial charge in [-0.25, -0.2) is 4.98 Å². The molecule has 4 nitrogen and oxygen atoms in total. The molecule has 0 bridgehead atoms. The lowest BCUT2D eigenvalue weighted by molar-refractivity contribution is 0.316. The van der Waals surface area contributed by atoms with E-state index in [2.05, 4.69) is 29.0 Å². The third-order valence-electron chi connectivity index (χ3n) is 3.01. The maximum Gasteiger partial charge on any atom is 0.183 e. The largest absolute Gasteiger partial charge is 0.399 e. The van der Waals surface area contributed by atoms with E-state index in [9.17, 15) is 0 Å². The molecule has 0 fully saturated rings. The van der Waals surface area contributed by atoms with Crippen LogP contribution in [0.25, 0.3) is 10.2 Å². The number of hydrogen-bond acceptors (Lipinski definition) is 5. The second kappa shape index (κ2) is 6.02. The fourth-order valence-electron chi connectivity index (χ4n) is 1.88. The summed E-state index contributed by atoms with van der Waals surface area (Å²) in [5, 5.41) is 4.35. The van der Waals surface area contributed by atoms with Crippen molar-refractivity contribution >= 4 is 32.4 Å². The van der Waals surface area contributed by atoms with Gasteiger partial charge in [0.15, 0.2) is 5.13 Å². The summed E-state index contributed by atoms with van der Waals surface area (Å²) >= 11 is 1.68. The minimum absolute atomic E-state index is 0.766. The topological polar surface area (TPSA) is 54.2 Å². The average Bonchev–Trinajstić information content (AvgIpc) is 2.76. The molecule has 0 unspecified atom stereocenters. The van der Waals surface area contributed by atoms with Gasteiger partial charge in [0.2, 0.25) is 0 Å². The van der Waals surface area contributed by atoms with Crippen molar-refractivity contribution in [2.24, 2.45) is 0 Å². The normalized spacial score (nSPS) is 11.3. The number of nitrogens with two attached hydrogens (primary N) is 1. The number of anilines is 2. The molecule has 1 aromatic carbocycles. The van der Waals surface area contributed by atoms with Gasteiger partial charge in [-0.3, -0.25) is 0 Å². The molecule has 98 valence electrons. The number of rotatable bonds is 6. The van der Waals surface area contributed by atoms with Gasteiger partial charge in [0.1, 0.15) is 0 Å². The highest BCUT2D eigenvalue weighted by Gasteiger charge is 2.04. The first-order valence-corrected chi connectivity index (χ1v) is 7.17. The van der Waals surface area contributed by atoms with E-state index in [4.69, 9.17) is 5.73 Å². The van der Waals surface area contributed by atoms with Crippen LogP contribution in [0.3, 0.4) is 0 Å². The summed E-state index contributed by atoms with van der Waals surface area (Å²) in [5.74, 6) is 0. The second-order valence-corrected chi connectivity index (χ2v) is 5.23. The molecule has 1 aromatic heterocycles. The smallest absolute Gasteiger partial charge is 0.183 e. The van der Waals surface area contributed by atoms with Crippen molar-refractivity contribution in [2.75, 3.05) is 37.2 Å². The van der Waals surface area contributed by atoms with Gasteiger partial charge in [-0.2, -0.15) is 0 Å². The van der Waals surface area contributed by atoms with Crippen LogP contribution in [0.1, 0.15) is 13.8 Å². The molecule has 0 amide bonds. The Balaban J connectivity index is 1.95. The third-order valence-corrected chi connectivity index (χ3v) is 4.00. The summed E-state index contributed by atoms with van der Waals surface area (Å²) in [6.07, 6.45) is 0. The van der Waals surface area contributed by atoms with Crippen LogP contribution in [0.2, 0.25) is 0 Å². The molecular formula is C13H20N4S. The molecule has 0 aliphatic rings. The van der Waals surface area contributed by atoms with Crippen molar-refractivity contribution in [1.29, 1.82) is 0 Å². The van der Waals surface area contributed by atoms with Gasteiger partial charge < -0.3 is 16.0 Å². The van der Waals surface area contributed by atoms with Crippen molar-refractivity contribution < 1.29 is 0 Å². The molecule has 2 aromatic rings. The van der Waals surface area contributed by atoms with E-state index in [-0.39, 0.29) is 0 Å². The lowest BCUT2D eigenvalue weighted by atomic mass is 10.3.